The van der Waals surface area contributed by atoms with Crippen molar-refractivity contribution in [1.29, 1.82) is 0 Å². The van der Waals surface area contributed by atoms with Gasteiger partial charge in [-0.1, -0.05) is 28.1 Å². The normalized spacial score (nSPS) is 10.4. The number of pyridine rings is 1. The van der Waals surface area contributed by atoms with Gasteiger partial charge in [-0.2, -0.15) is 0 Å². The van der Waals surface area contributed by atoms with Crippen molar-refractivity contribution < 1.29 is 9.59 Å². The second-order valence-electron chi connectivity index (χ2n) is 5.70. The highest BCUT2D eigenvalue weighted by Gasteiger charge is 2.11. The van der Waals surface area contributed by atoms with Crippen LogP contribution in [0.3, 0.4) is 0 Å². The van der Waals surface area contributed by atoms with Crippen molar-refractivity contribution in [3.05, 3.63) is 64.4 Å². The van der Waals surface area contributed by atoms with Crippen LogP contribution in [-0.4, -0.2) is 35.2 Å². The molecule has 0 N–H and O–H groups in total. The topological polar surface area (TPSA) is 50.3 Å². The van der Waals surface area contributed by atoms with E-state index in [1.54, 1.807) is 36.5 Å². The van der Waals surface area contributed by atoms with Crippen LogP contribution in [0, 0.1) is 0 Å². The number of likely N-dealkylation sites (N-methyl/N-ethyl adjacent to an activating group) is 1. The lowest BCUT2D eigenvalue weighted by Crippen LogP contribution is -2.28. The molecule has 2 aromatic rings. The van der Waals surface area contributed by atoms with Gasteiger partial charge in [0.2, 0.25) is 5.91 Å². The second kappa shape index (κ2) is 9.33. The zero-order valence-corrected chi connectivity index (χ0v) is 15.3. The molecule has 2 rings (SSSR count). The van der Waals surface area contributed by atoms with Crippen LogP contribution < -0.4 is 0 Å². The molecular formula is C19H21BrN2O2. The predicted octanol–water partition coefficient (Wildman–Crippen LogP) is 3.90. The molecule has 0 fully saturated rings. The molecule has 4 nitrogen and oxygen atoms in total. The quantitative estimate of drug-likeness (QED) is 0.644. The number of Topliss-reactive ketones (excluding diaryl/α,β-unsaturated/α-hetero) is 1. The molecule has 5 heteroatoms. The summed E-state index contributed by atoms with van der Waals surface area (Å²) in [4.78, 5) is 29.9. The molecule has 0 saturated heterocycles. The highest BCUT2D eigenvalue weighted by Crippen LogP contribution is 2.13. The van der Waals surface area contributed by atoms with Crippen LogP contribution in [-0.2, 0) is 11.2 Å². The first-order chi connectivity index (χ1) is 11.6. The van der Waals surface area contributed by atoms with Gasteiger partial charge in [0.1, 0.15) is 0 Å². The monoisotopic (exact) mass is 388 g/mol. The molecule has 0 unspecified atom stereocenters. The van der Waals surface area contributed by atoms with E-state index >= 15 is 0 Å². The molecule has 0 aliphatic rings. The first-order valence-electron chi connectivity index (χ1n) is 7.98. The van der Waals surface area contributed by atoms with E-state index in [4.69, 9.17) is 0 Å². The smallest absolute Gasteiger partial charge is 0.222 e. The number of halogens is 1. The Kier molecular flexibility index (Phi) is 7.12. The summed E-state index contributed by atoms with van der Waals surface area (Å²) in [6.07, 6.45) is 5.69. The number of hydrogen-bond donors (Lipinski definition) is 0. The van der Waals surface area contributed by atoms with Crippen LogP contribution in [0.4, 0.5) is 0 Å². The minimum atomic E-state index is 0.0765. The Bertz CT molecular complexity index is 672. The third-order valence-corrected chi connectivity index (χ3v) is 4.40. The van der Waals surface area contributed by atoms with Gasteiger partial charge in [-0.05, 0) is 42.7 Å². The summed E-state index contributed by atoms with van der Waals surface area (Å²) in [6, 6.07) is 11.2. The minimum Gasteiger partial charge on any atom is -0.345 e. The predicted molar refractivity (Wildman–Crippen MR) is 97.9 cm³/mol. The summed E-state index contributed by atoms with van der Waals surface area (Å²) in [6.45, 7) is 0.670. The third-order valence-electron chi connectivity index (χ3n) is 3.87. The van der Waals surface area contributed by atoms with Gasteiger partial charge in [-0.25, -0.2) is 0 Å². The van der Waals surface area contributed by atoms with Crippen molar-refractivity contribution in [2.75, 3.05) is 13.6 Å². The average Bonchev–Trinajstić information content (AvgIpc) is 2.61. The number of nitrogens with zero attached hydrogens (tertiary/aromatic N) is 2. The van der Waals surface area contributed by atoms with Gasteiger partial charge >= 0.3 is 0 Å². The molecule has 126 valence electrons. The highest BCUT2D eigenvalue weighted by molar-refractivity contribution is 9.10. The van der Waals surface area contributed by atoms with E-state index in [1.807, 2.05) is 24.3 Å². The van der Waals surface area contributed by atoms with Crippen molar-refractivity contribution in [2.24, 2.45) is 0 Å². The van der Waals surface area contributed by atoms with Gasteiger partial charge in [0, 0.05) is 48.9 Å². The Hall–Kier alpha value is -2.01. The fourth-order valence-corrected chi connectivity index (χ4v) is 2.61. The summed E-state index contributed by atoms with van der Waals surface area (Å²) in [5.74, 6) is 0.155. The Morgan fingerprint density at radius 3 is 2.38 bits per heavy atom. The van der Waals surface area contributed by atoms with Gasteiger partial charge in [-0.15, -0.1) is 0 Å². The van der Waals surface area contributed by atoms with E-state index in [2.05, 4.69) is 20.9 Å². The number of benzene rings is 1. The maximum absolute atomic E-state index is 12.1. The number of hydrogen-bond acceptors (Lipinski definition) is 3. The van der Waals surface area contributed by atoms with Gasteiger partial charge in [0.05, 0.1) is 0 Å². The molecule has 24 heavy (non-hydrogen) atoms. The lowest BCUT2D eigenvalue weighted by Gasteiger charge is -2.17. The number of carbonyl (C=O) groups excluding carboxylic acids is 2. The SMILES string of the molecule is CN(CCc1ccncc1)C(=O)CCCC(=O)c1ccc(Br)cc1. The second-order valence-corrected chi connectivity index (χ2v) is 6.62. The largest absolute Gasteiger partial charge is 0.345 e. The molecule has 0 spiro atoms. The standard InChI is InChI=1S/C19H21BrN2O2/c1-22(14-11-15-9-12-21-13-10-15)19(24)4-2-3-18(23)16-5-7-17(20)8-6-16/h5-10,12-13H,2-4,11,14H2,1H3. The fourth-order valence-electron chi connectivity index (χ4n) is 2.34. The first kappa shape index (κ1) is 18.3. The van der Waals surface area contributed by atoms with Crippen molar-refractivity contribution in [1.82, 2.24) is 9.88 Å². The van der Waals surface area contributed by atoms with Gasteiger partial charge in [-0.3, -0.25) is 14.6 Å². The van der Waals surface area contributed by atoms with Crippen molar-refractivity contribution >= 4 is 27.6 Å². The molecule has 1 amide bonds. The van der Waals surface area contributed by atoms with Gasteiger partial charge in [0.15, 0.2) is 5.78 Å². The van der Waals surface area contributed by atoms with Crippen LogP contribution in [0.2, 0.25) is 0 Å². The summed E-state index contributed by atoms with van der Waals surface area (Å²) in [5, 5.41) is 0. The van der Waals surface area contributed by atoms with Crippen LogP contribution in [0.25, 0.3) is 0 Å². The van der Waals surface area contributed by atoms with E-state index in [0.717, 1.165) is 16.5 Å². The number of carbonyl (C=O) groups is 2. The highest BCUT2D eigenvalue weighted by atomic mass is 79.9. The molecule has 0 radical (unpaired) electrons. The van der Waals surface area contributed by atoms with E-state index in [0.29, 0.717) is 31.4 Å². The fraction of sp³-hybridized carbons (Fsp3) is 0.316. The number of rotatable bonds is 8. The van der Waals surface area contributed by atoms with E-state index in [1.165, 1.54) is 0 Å². The summed E-state index contributed by atoms with van der Waals surface area (Å²) >= 11 is 3.35. The molecule has 0 aliphatic carbocycles. The molecular weight excluding hydrogens is 368 g/mol. The van der Waals surface area contributed by atoms with Crippen molar-refractivity contribution in [2.45, 2.75) is 25.7 Å². The van der Waals surface area contributed by atoms with E-state index in [9.17, 15) is 9.59 Å². The lowest BCUT2D eigenvalue weighted by molar-refractivity contribution is -0.129. The Morgan fingerprint density at radius 2 is 1.71 bits per heavy atom. The zero-order valence-electron chi connectivity index (χ0n) is 13.7. The van der Waals surface area contributed by atoms with Crippen LogP contribution in [0.15, 0.2) is 53.3 Å². The van der Waals surface area contributed by atoms with Crippen molar-refractivity contribution in [3.8, 4) is 0 Å². The zero-order chi connectivity index (χ0) is 17.4. The van der Waals surface area contributed by atoms with Crippen LogP contribution in [0.1, 0.15) is 35.2 Å². The van der Waals surface area contributed by atoms with Crippen molar-refractivity contribution in [3.63, 3.8) is 0 Å². The first-order valence-corrected chi connectivity index (χ1v) is 8.77. The molecule has 1 heterocycles. The third kappa shape index (κ3) is 5.89. The Balaban J connectivity index is 1.70. The minimum absolute atomic E-state index is 0.0765. The lowest BCUT2D eigenvalue weighted by atomic mass is 10.1. The van der Waals surface area contributed by atoms with Crippen LogP contribution >= 0.6 is 15.9 Å². The molecule has 0 bridgehead atoms. The summed E-state index contributed by atoms with van der Waals surface area (Å²) < 4.78 is 0.949. The molecule has 0 aliphatic heterocycles. The maximum atomic E-state index is 12.1. The average molecular weight is 389 g/mol. The van der Waals surface area contributed by atoms with E-state index < -0.39 is 0 Å². The number of aromatic nitrogens is 1. The number of amides is 1. The van der Waals surface area contributed by atoms with Gasteiger partial charge in [0.25, 0.3) is 0 Å². The Labute approximate surface area is 151 Å². The number of ketones is 1. The summed E-state index contributed by atoms with van der Waals surface area (Å²) in [5.41, 5.74) is 1.85. The molecule has 0 atom stereocenters. The van der Waals surface area contributed by atoms with Gasteiger partial charge < -0.3 is 4.90 Å². The van der Waals surface area contributed by atoms with Crippen LogP contribution in [0.5, 0.6) is 0 Å². The Morgan fingerprint density at radius 1 is 1.04 bits per heavy atom. The molecule has 1 aromatic heterocycles. The molecule has 0 saturated carbocycles. The maximum Gasteiger partial charge on any atom is 0.222 e. The summed E-state index contributed by atoms with van der Waals surface area (Å²) in [7, 11) is 1.81. The molecule has 1 aromatic carbocycles. The van der Waals surface area contributed by atoms with E-state index in [-0.39, 0.29) is 11.7 Å².